The molecule has 6 nitrogen and oxygen atoms in total. The van der Waals surface area contributed by atoms with E-state index in [0.717, 1.165) is 37.4 Å². The summed E-state index contributed by atoms with van der Waals surface area (Å²) in [5.74, 6) is 1.03. The van der Waals surface area contributed by atoms with Gasteiger partial charge in [0.2, 0.25) is 0 Å². The monoisotopic (exact) mass is 244 g/mol. The molecule has 0 aromatic carbocycles. The zero-order valence-corrected chi connectivity index (χ0v) is 10.4. The summed E-state index contributed by atoms with van der Waals surface area (Å²) < 4.78 is 1.96. The summed E-state index contributed by atoms with van der Waals surface area (Å²) in [6, 6.07) is 2.50. The standard InChI is InChI=1S/C12H16N6/c1-10-6-12(15-8-14-10)17-4-2-11(3-5-17)18-9-13-7-16-18/h6-9,11H,2-5H2,1H3. The third-order valence-electron chi connectivity index (χ3n) is 3.39. The minimum absolute atomic E-state index is 0.465. The van der Waals surface area contributed by atoms with Crippen LogP contribution in [0.5, 0.6) is 0 Å². The quantitative estimate of drug-likeness (QED) is 0.795. The summed E-state index contributed by atoms with van der Waals surface area (Å²) >= 11 is 0. The third-order valence-corrected chi connectivity index (χ3v) is 3.39. The highest BCUT2D eigenvalue weighted by Gasteiger charge is 2.21. The first-order valence-electron chi connectivity index (χ1n) is 6.20. The lowest BCUT2D eigenvalue weighted by molar-refractivity contribution is 0.365. The van der Waals surface area contributed by atoms with E-state index < -0.39 is 0 Å². The smallest absolute Gasteiger partial charge is 0.137 e. The fourth-order valence-corrected chi connectivity index (χ4v) is 2.38. The maximum Gasteiger partial charge on any atom is 0.137 e. The molecular weight excluding hydrogens is 228 g/mol. The fourth-order valence-electron chi connectivity index (χ4n) is 2.38. The van der Waals surface area contributed by atoms with E-state index in [1.54, 1.807) is 19.0 Å². The van der Waals surface area contributed by atoms with Gasteiger partial charge in [-0.2, -0.15) is 5.10 Å². The Kier molecular flexibility index (Phi) is 2.92. The molecule has 1 saturated heterocycles. The number of aryl methyl sites for hydroxylation is 1. The Labute approximate surface area is 106 Å². The van der Waals surface area contributed by atoms with Gasteiger partial charge in [-0.3, -0.25) is 0 Å². The average molecular weight is 244 g/mol. The van der Waals surface area contributed by atoms with Crippen LogP contribution in [-0.2, 0) is 0 Å². The van der Waals surface area contributed by atoms with Crippen molar-refractivity contribution in [3.05, 3.63) is 30.7 Å². The van der Waals surface area contributed by atoms with Crippen molar-refractivity contribution in [3.8, 4) is 0 Å². The molecule has 0 unspecified atom stereocenters. The topological polar surface area (TPSA) is 59.7 Å². The van der Waals surface area contributed by atoms with Crippen LogP contribution in [0.4, 0.5) is 5.82 Å². The van der Waals surface area contributed by atoms with Crippen LogP contribution < -0.4 is 4.90 Å². The first-order chi connectivity index (χ1) is 8.83. The molecule has 3 heterocycles. The van der Waals surface area contributed by atoms with Crippen molar-refractivity contribution in [2.45, 2.75) is 25.8 Å². The van der Waals surface area contributed by atoms with Gasteiger partial charge < -0.3 is 4.90 Å². The van der Waals surface area contributed by atoms with Crippen LogP contribution in [0.15, 0.2) is 25.0 Å². The number of anilines is 1. The molecule has 6 heteroatoms. The normalized spacial score (nSPS) is 17.1. The maximum atomic E-state index is 4.33. The van der Waals surface area contributed by atoms with Gasteiger partial charge in [-0.25, -0.2) is 19.6 Å². The van der Waals surface area contributed by atoms with Crippen LogP contribution in [0.2, 0.25) is 0 Å². The highest BCUT2D eigenvalue weighted by molar-refractivity contribution is 5.39. The number of hydrogen-bond acceptors (Lipinski definition) is 5. The average Bonchev–Trinajstić information content (AvgIpc) is 2.93. The maximum absolute atomic E-state index is 4.33. The number of aromatic nitrogens is 5. The molecule has 3 rings (SSSR count). The predicted octanol–water partition coefficient (Wildman–Crippen LogP) is 1.22. The Morgan fingerprint density at radius 2 is 2.00 bits per heavy atom. The van der Waals surface area contributed by atoms with E-state index in [4.69, 9.17) is 0 Å². The van der Waals surface area contributed by atoms with Crippen LogP contribution in [0.1, 0.15) is 24.6 Å². The first kappa shape index (κ1) is 11.1. The number of hydrogen-bond donors (Lipinski definition) is 0. The Morgan fingerprint density at radius 1 is 1.17 bits per heavy atom. The number of rotatable bonds is 2. The van der Waals surface area contributed by atoms with Gasteiger partial charge in [0.25, 0.3) is 0 Å². The Hall–Kier alpha value is -1.98. The molecule has 0 aliphatic carbocycles. The van der Waals surface area contributed by atoms with Crippen LogP contribution in [0, 0.1) is 6.92 Å². The van der Waals surface area contributed by atoms with Crippen molar-refractivity contribution in [1.29, 1.82) is 0 Å². The van der Waals surface area contributed by atoms with E-state index in [0.29, 0.717) is 6.04 Å². The molecule has 1 fully saturated rings. The van der Waals surface area contributed by atoms with Crippen molar-refractivity contribution in [2.24, 2.45) is 0 Å². The van der Waals surface area contributed by atoms with Crippen LogP contribution in [0.25, 0.3) is 0 Å². The second-order valence-electron chi connectivity index (χ2n) is 4.61. The molecule has 0 spiro atoms. The minimum atomic E-state index is 0.465. The SMILES string of the molecule is Cc1cc(N2CCC(n3cncn3)CC2)ncn1. The molecule has 94 valence electrons. The van der Waals surface area contributed by atoms with E-state index in [-0.39, 0.29) is 0 Å². The Balaban J connectivity index is 1.67. The summed E-state index contributed by atoms with van der Waals surface area (Å²) in [6.45, 7) is 4.00. The summed E-state index contributed by atoms with van der Waals surface area (Å²) in [6.07, 6.45) is 7.18. The molecule has 0 N–H and O–H groups in total. The molecule has 2 aromatic rings. The van der Waals surface area contributed by atoms with Gasteiger partial charge in [-0.1, -0.05) is 0 Å². The van der Waals surface area contributed by atoms with Crippen molar-refractivity contribution in [2.75, 3.05) is 18.0 Å². The highest BCUT2D eigenvalue weighted by atomic mass is 15.3. The van der Waals surface area contributed by atoms with E-state index >= 15 is 0 Å². The molecule has 1 aliphatic rings. The number of nitrogens with zero attached hydrogens (tertiary/aromatic N) is 6. The predicted molar refractivity (Wildman–Crippen MR) is 67.3 cm³/mol. The third kappa shape index (κ3) is 2.18. The zero-order chi connectivity index (χ0) is 12.4. The summed E-state index contributed by atoms with van der Waals surface area (Å²) in [5, 5.41) is 4.21. The van der Waals surface area contributed by atoms with Crippen LogP contribution in [0.3, 0.4) is 0 Å². The van der Waals surface area contributed by atoms with Gasteiger partial charge in [0.1, 0.15) is 24.8 Å². The first-order valence-corrected chi connectivity index (χ1v) is 6.20. The van der Waals surface area contributed by atoms with Gasteiger partial charge in [-0.15, -0.1) is 0 Å². The highest BCUT2D eigenvalue weighted by Crippen LogP contribution is 2.24. The minimum Gasteiger partial charge on any atom is -0.356 e. The van der Waals surface area contributed by atoms with E-state index in [2.05, 4.69) is 25.0 Å². The van der Waals surface area contributed by atoms with Crippen molar-refractivity contribution >= 4 is 5.82 Å². The van der Waals surface area contributed by atoms with Crippen molar-refractivity contribution < 1.29 is 0 Å². The lowest BCUT2D eigenvalue weighted by atomic mass is 10.1. The van der Waals surface area contributed by atoms with E-state index in [9.17, 15) is 0 Å². The summed E-state index contributed by atoms with van der Waals surface area (Å²) in [4.78, 5) is 14.8. The van der Waals surface area contributed by atoms with Gasteiger partial charge in [0.05, 0.1) is 6.04 Å². The van der Waals surface area contributed by atoms with Gasteiger partial charge in [0.15, 0.2) is 0 Å². The van der Waals surface area contributed by atoms with Crippen molar-refractivity contribution in [3.63, 3.8) is 0 Å². The molecule has 0 saturated carbocycles. The van der Waals surface area contributed by atoms with Gasteiger partial charge in [0, 0.05) is 24.8 Å². The van der Waals surface area contributed by atoms with E-state index in [1.807, 2.05) is 17.7 Å². The van der Waals surface area contributed by atoms with Crippen LogP contribution in [-0.4, -0.2) is 37.8 Å². The second-order valence-corrected chi connectivity index (χ2v) is 4.61. The molecule has 1 aliphatic heterocycles. The molecule has 0 atom stereocenters. The summed E-state index contributed by atoms with van der Waals surface area (Å²) in [7, 11) is 0. The van der Waals surface area contributed by atoms with E-state index in [1.165, 1.54) is 0 Å². The molecule has 2 aromatic heterocycles. The lowest BCUT2D eigenvalue weighted by Gasteiger charge is -2.32. The molecule has 0 bridgehead atoms. The molecule has 18 heavy (non-hydrogen) atoms. The van der Waals surface area contributed by atoms with Crippen molar-refractivity contribution in [1.82, 2.24) is 24.7 Å². The fraction of sp³-hybridized carbons (Fsp3) is 0.500. The van der Waals surface area contributed by atoms with Crippen LogP contribution >= 0.6 is 0 Å². The van der Waals surface area contributed by atoms with Gasteiger partial charge >= 0.3 is 0 Å². The summed E-state index contributed by atoms with van der Waals surface area (Å²) in [5.41, 5.74) is 1.01. The Morgan fingerprint density at radius 3 is 2.67 bits per heavy atom. The molecule has 0 amide bonds. The second kappa shape index (κ2) is 4.72. The number of piperidine rings is 1. The zero-order valence-electron chi connectivity index (χ0n) is 10.4. The largest absolute Gasteiger partial charge is 0.356 e. The lowest BCUT2D eigenvalue weighted by Crippen LogP contribution is -2.35. The Bertz CT molecular complexity index is 501. The van der Waals surface area contributed by atoms with Gasteiger partial charge in [-0.05, 0) is 19.8 Å². The molecule has 0 radical (unpaired) electrons. The molecular formula is C12H16N6.